The summed E-state index contributed by atoms with van der Waals surface area (Å²) in [5.41, 5.74) is 0.939. The molecule has 0 saturated carbocycles. The Bertz CT molecular complexity index is 679. The molecule has 0 fully saturated rings. The van der Waals surface area contributed by atoms with E-state index >= 15 is 0 Å². The number of hydrogen-bond acceptors (Lipinski definition) is 3. The lowest BCUT2D eigenvalue weighted by Gasteiger charge is -2.11. The Morgan fingerprint density at radius 1 is 1.38 bits per heavy atom. The number of aromatic nitrogens is 2. The molecule has 7 nitrogen and oxygen atoms in total. The van der Waals surface area contributed by atoms with E-state index in [2.05, 4.69) is 15.6 Å². The van der Waals surface area contributed by atoms with Gasteiger partial charge in [0.2, 0.25) is 0 Å². The molecule has 0 bridgehead atoms. The minimum Gasteiger partial charge on any atom is -0.478 e. The van der Waals surface area contributed by atoms with Crippen LogP contribution in [-0.2, 0) is 13.6 Å². The van der Waals surface area contributed by atoms with E-state index in [0.29, 0.717) is 11.4 Å². The smallest absolute Gasteiger partial charge is 0.338 e. The van der Waals surface area contributed by atoms with Gasteiger partial charge in [-0.3, -0.25) is 0 Å². The van der Waals surface area contributed by atoms with Gasteiger partial charge in [0.15, 0.2) is 0 Å². The fourth-order valence-corrected chi connectivity index (χ4v) is 1.95. The van der Waals surface area contributed by atoms with E-state index in [1.54, 1.807) is 42.1 Å². The van der Waals surface area contributed by atoms with Crippen LogP contribution in [0.3, 0.4) is 0 Å². The van der Waals surface area contributed by atoms with Crippen molar-refractivity contribution in [2.75, 3.05) is 5.32 Å². The molecule has 0 aliphatic carbocycles. The average Bonchev–Trinajstić information content (AvgIpc) is 2.81. The van der Waals surface area contributed by atoms with Gasteiger partial charge in [-0.2, -0.15) is 0 Å². The highest BCUT2D eigenvalue weighted by Gasteiger charge is 2.14. The number of hydrogen-bond donors (Lipinski definition) is 3. The van der Waals surface area contributed by atoms with Crippen LogP contribution in [0.15, 0.2) is 30.6 Å². The Morgan fingerprint density at radius 2 is 2.14 bits per heavy atom. The number of rotatable bonds is 4. The third-order valence-corrected chi connectivity index (χ3v) is 3.06. The number of benzene rings is 1. The molecule has 110 valence electrons. The van der Waals surface area contributed by atoms with Crippen LogP contribution in [0.4, 0.5) is 10.5 Å². The maximum Gasteiger partial charge on any atom is 0.338 e. The molecule has 1 aromatic heterocycles. The monoisotopic (exact) mass is 288 g/mol. The van der Waals surface area contributed by atoms with E-state index in [-0.39, 0.29) is 17.8 Å². The van der Waals surface area contributed by atoms with E-state index in [9.17, 15) is 14.7 Å². The summed E-state index contributed by atoms with van der Waals surface area (Å²) >= 11 is 0. The summed E-state index contributed by atoms with van der Waals surface area (Å²) in [6.45, 7) is 1.93. The first-order valence-electron chi connectivity index (χ1n) is 6.33. The summed E-state index contributed by atoms with van der Waals surface area (Å²) in [6.07, 6.45) is 3.41. The maximum absolute atomic E-state index is 11.9. The van der Waals surface area contributed by atoms with Gasteiger partial charge >= 0.3 is 12.0 Å². The van der Waals surface area contributed by atoms with Gasteiger partial charge in [0.25, 0.3) is 0 Å². The number of carbonyl (C=O) groups excluding carboxylic acids is 1. The zero-order valence-electron chi connectivity index (χ0n) is 11.8. The number of amides is 2. The topological polar surface area (TPSA) is 96.3 Å². The molecule has 3 N–H and O–H groups in total. The third kappa shape index (κ3) is 3.38. The number of carboxylic acids is 1. The molecular weight excluding hydrogens is 272 g/mol. The van der Waals surface area contributed by atoms with Gasteiger partial charge in [-0.15, -0.1) is 0 Å². The number of anilines is 1. The number of imidazole rings is 1. The van der Waals surface area contributed by atoms with Crippen molar-refractivity contribution in [3.63, 3.8) is 0 Å². The van der Waals surface area contributed by atoms with Crippen molar-refractivity contribution < 1.29 is 14.7 Å². The molecule has 0 aliphatic heterocycles. The van der Waals surface area contributed by atoms with Crippen LogP contribution in [0.1, 0.15) is 21.7 Å². The number of aryl methyl sites for hydroxylation is 2. The molecule has 0 aliphatic rings. The molecule has 1 heterocycles. The number of nitrogens with zero attached hydrogens (tertiary/aromatic N) is 2. The van der Waals surface area contributed by atoms with Crippen LogP contribution in [0.5, 0.6) is 0 Å². The molecular formula is C14H16N4O3. The standard InChI is InChI=1S/C14H16N4O3/c1-9-4-3-5-10(12(9)13(19)20)17-14(21)16-8-11-15-6-7-18(11)2/h3-7H,8H2,1-2H3,(H,19,20)(H2,16,17,21). The number of aromatic carboxylic acids is 1. The van der Waals surface area contributed by atoms with E-state index in [1.165, 1.54) is 0 Å². The Kier molecular flexibility index (Phi) is 4.22. The first-order valence-corrected chi connectivity index (χ1v) is 6.33. The second kappa shape index (κ2) is 6.08. The molecule has 21 heavy (non-hydrogen) atoms. The summed E-state index contributed by atoms with van der Waals surface area (Å²) in [6, 6.07) is 4.44. The van der Waals surface area contributed by atoms with Crippen LogP contribution in [0, 0.1) is 6.92 Å². The number of nitrogens with one attached hydrogen (secondary N) is 2. The van der Waals surface area contributed by atoms with E-state index in [4.69, 9.17) is 0 Å². The van der Waals surface area contributed by atoms with E-state index in [1.807, 2.05) is 7.05 Å². The Balaban J connectivity index is 2.05. The second-order valence-electron chi connectivity index (χ2n) is 4.56. The minimum atomic E-state index is -1.08. The summed E-state index contributed by atoms with van der Waals surface area (Å²) < 4.78 is 1.79. The van der Waals surface area contributed by atoms with E-state index < -0.39 is 12.0 Å². The van der Waals surface area contributed by atoms with Crippen molar-refractivity contribution in [1.29, 1.82) is 0 Å². The SMILES string of the molecule is Cc1cccc(NC(=O)NCc2nccn2C)c1C(=O)O. The van der Waals surface area contributed by atoms with Gasteiger partial charge < -0.3 is 20.3 Å². The molecule has 0 atom stereocenters. The molecule has 7 heteroatoms. The normalized spacial score (nSPS) is 10.2. The average molecular weight is 288 g/mol. The van der Waals surface area contributed by atoms with Crippen molar-refractivity contribution in [3.8, 4) is 0 Å². The Morgan fingerprint density at radius 3 is 2.76 bits per heavy atom. The summed E-state index contributed by atoms with van der Waals surface area (Å²) in [7, 11) is 1.82. The van der Waals surface area contributed by atoms with Crippen molar-refractivity contribution in [2.24, 2.45) is 7.05 Å². The summed E-state index contributed by atoms with van der Waals surface area (Å²) in [5.74, 6) is -0.375. The zero-order valence-corrected chi connectivity index (χ0v) is 11.8. The number of urea groups is 1. The first kappa shape index (κ1) is 14.6. The van der Waals surface area contributed by atoms with Crippen molar-refractivity contribution in [3.05, 3.63) is 47.5 Å². The fourth-order valence-electron chi connectivity index (χ4n) is 1.95. The molecule has 0 saturated heterocycles. The highest BCUT2D eigenvalue weighted by molar-refractivity contribution is 6.01. The summed E-state index contributed by atoms with van der Waals surface area (Å²) in [5, 5.41) is 14.4. The van der Waals surface area contributed by atoms with Crippen LogP contribution >= 0.6 is 0 Å². The Hall–Kier alpha value is -2.83. The minimum absolute atomic E-state index is 0.0876. The van der Waals surface area contributed by atoms with Gasteiger partial charge in [0.05, 0.1) is 17.8 Å². The largest absolute Gasteiger partial charge is 0.478 e. The lowest BCUT2D eigenvalue weighted by molar-refractivity contribution is 0.0697. The first-order chi connectivity index (χ1) is 9.99. The van der Waals surface area contributed by atoms with Gasteiger partial charge in [-0.1, -0.05) is 12.1 Å². The summed E-state index contributed by atoms with van der Waals surface area (Å²) in [4.78, 5) is 27.2. The van der Waals surface area contributed by atoms with Crippen molar-refractivity contribution >= 4 is 17.7 Å². The van der Waals surface area contributed by atoms with Gasteiger partial charge in [0.1, 0.15) is 5.82 Å². The van der Waals surface area contributed by atoms with Crippen LogP contribution in [-0.4, -0.2) is 26.7 Å². The Labute approximate surface area is 121 Å². The highest BCUT2D eigenvalue weighted by atomic mass is 16.4. The molecule has 2 amide bonds. The quantitative estimate of drug-likeness (QED) is 0.798. The van der Waals surface area contributed by atoms with Crippen LogP contribution in [0.2, 0.25) is 0 Å². The van der Waals surface area contributed by atoms with Crippen LogP contribution in [0.25, 0.3) is 0 Å². The van der Waals surface area contributed by atoms with Crippen molar-refractivity contribution in [2.45, 2.75) is 13.5 Å². The molecule has 0 radical (unpaired) electrons. The molecule has 2 rings (SSSR count). The predicted octanol–water partition coefficient (Wildman–Crippen LogP) is 1.75. The van der Waals surface area contributed by atoms with Gasteiger partial charge in [0, 0.05) is 19.4 Å². The number of carboxylic acid groups (broad SMARTS) is 1. The molecule has 2 aromatic rings. The highest BCUT2D eigenvalue weighted by Crippen LogP contribution is 2.19. The van der Waals surface area contributed by atoms with E-state index in [0.717, 1.165) is 0 Å². The lowest BCUT2D eigenvalue weighted by atomic mass is 10.1. The predicted molar refractivity (Wildman–Crippen MR) is 77.2 cm³/mol. The van der Waals surface area contributed by atoms with Crippen molar-refractivity contribution in [1.82, 2.24) is 14.9 Å². The number of carbonyl (C=O) groups is 2. The lowest BCUT2D eigenvalue weighted by Crippen LogP contribution is -2.30. The molecule has 1 aromatic carbocycles. The maximum atomic E-state index is 11.9. The van der Waals surface area contributed by atoms with Crippen LogP contribution < -0.4 is 10.6 Å². The zero-order chi connectivity index (χ0) is 15.4. The van der Waals surface area contributed by atoms with Gasteiger partial charge in [-0.25, -0.2) is 14.6 Å². The van der Waals surface area contributed by atoms with Gasteiger partial charge in [-0.05, 0) is 18.6 Å². The second-order valence-corrected chi connectivity index (χ2v) is 4.56. The fraction of sp³-hybridized carbons (Fsp3) is 0.214. The molecule has 0 spiro atoms. The third-order valence-electron chi connectivity index (χ3n) is 3.06. The molecule has 0 unspecified atom stereocenters.